The minimum Gasteiger partial charge on any atom is -0.351 e. The average molecular weight is 391 g/mol. The van der Waals surface area contributed by atoms with E-state index in [-0.39, 0.29) is 5.02 Å². The summed E-state index contributed by atoms with van der Waals surface area (Å²) in [5, 5.41) is -0.0184. The van der Waals surface area contributed by atoms with Crippen molar-refractivity contribution in [3.63, 3.8) is 0 Å². The predicted molar refractivity (Wildman–Crippen MR) is 96.5 cm³/mol. The highest BCUT2D eigenvalue weighted by Gasteiger charge is 2.32. The van der Waals surface area contributed by atoms with E-state index in [1.807, 2.05) is 35.2 Å². The van der Waals surface area contributed by atoms with Crippen LogP contribution in [-0.2, 0) is 19.1 Å². The van der Waals surface area contributed by atoms with Gasteiger partial charge in [-0.3, -0.25) is 0 Å². The number of aromatic nitrogens is 3. The molecule has 0 spiro atoms. The Kier molecular flexibility index (Phi) is 4.47. The lowest BCUT2D eigenvalue weighted by atomic mass is 10.1. The van der Waals surface area contributed by atoms with Crippen molar-refractivity contribution in [2.24, 2.45) is 0 Å². The summed E-state index contributed by atoms with van der Waals surface area (Å²) in [6.07, 6.45) is -1.26. The molecule has 0 radical (unpaired) electrons. The highest BCUT2D eigenvalue weighted by Crippen LogP contribution is 2.34. The molecule has 3 heterocycles. The zero-order chi connectivity index (χ0) is 19.0. The van der Waals surface area contributed by atoms with Gasteiger partial charge in [0.05, 0.1) is 16.3 Å². The summed E-state index contributed by atoms with van der Waals surface area (Å²) >= 11 is 6.07. The van der Waals surface area contributed by atoms with Gasteiger partial charge in [0, 0.05) is 43.0 Å². The van der Waals surface area contributed by atoms with Crippen LogP contribution in [0, 0.1) is 0 Å². The molecule has 0 amide bonds. The lowest BCUT2D eigenvalue weighted by Crippen LogP contribution is -2.32. The molecule has 0 bridgehead atoms. The third kappa shape index (κ3) is 3.60. The van der Waals surface area contributed by atoms with Gasteiger partial charge >= 0.3 is 6.18 Å². The van der Waals surface area contributed by atoms with Crippen LogP contribution in [0.25, 0.3) is 11.4 Å². The SMILES string of the molecule is FC(F)(F)c1cnc(N2CCc3nc(-c4ccccc4)ncc3C2)c(Cl)c1. The fourth-order valence-electron chi connectivity index (χ4n) is 3.04. The molecule has 0 N–H and O–H groups in total. The lowest BCUT2D eigenvalue weighted by molar-refractivity contribution is -0.137. The summed E-state index contributed by atoms with van der Waals surface area (Å²) in [6.45, 7) is 1.01. The van der Waals surface area contributed by atoms with Crippen molar-refractivity contribution in [3.05, 3.63) is 70.6 Å². The monoisotopic (exact) mass is 390 g/mol. The van der Waals surface area contributed by atoms with Crippen molar-refractivity contribution >= 4 is 17.4 Å². The summed E-state index contributed by atoms with van der Waals surface area (Å²) in [4.78, 5) is 14.8. The maximum atomic E-state index is 12.8. The molecule has 0 saturated heterocycles. The van der Waals surface area contributed by atoms with Crippen LogP contribution < -0.4 is 4.90 Å². The van der Waals surface area contributed by atoms with Crippen molar-refractivity contribution in [1.29, 1.82) is 0 Å². The van der Waals surface area contributed by atoms with Gasteiger partial charge in [-0.25, -0.2) is 15.0 Å². The van der Waals surface area contributed by atoms with E-state index in [4.69, 9.17) is 11.6 Å². The number of nitrogens with zero attached hydrogens (tertiary/aromatic N) is 4. The van der Waals surface area contributed by atoms with Crippen LogP contribution in [0.1, 0.15) is 16.8 Å². The van der Waals surface area contributed by atoms with Crippen LogP contribution in [0.2, 0.25) is 5.02 Å². The molecule has 1 aliphatic heterocycles. The highest BCUT2D eigenvalue weighted by atomic mass is 35.5. The number of fused-ring (bicyclic) bond motifs is 1. The van der Waals surface area contributed by atoms with E-state index >= 15 is 0 Å². The van der Waals surface area contributed by atoms with Crippen molar-refractivity contribution in [1.82, 2.24) is 15.0 Å². The standard InChI is InChI=1S/C19H14ClF3N4/c20-15-8-14(19(21,22)23)10-25-18(15)27-7-6-16-13(11-27)9-24-17(26-16)12-4-2-1-3-5-12/h1-5,8-10H,6-7,11H2. The Balaban J connectivity index is 1.59. The first-order valence-corrected chi connectivity index (χ1v) is 8.67. The number of rotatable bonds is 2. The molecular weight excluding hydrogens is 377 g/mol. The second kappa shape index (κ2) is 6.81. The van der Waals surface area contributed by atoms with Crippen molar-refractivity contribution in [3.8, 4) is 11.4 Å². The van der Waals surface area contributed by atoms with Crippen LogP contribution in [0.3, 0.4) is 0 Å². The van der Waals surface area contributed by atoms with E-state index in [9.17, 15) is 13.2 Å². The molecule has 0 fully saturated rings. The quantitative estimate of drug-likeness (QED) is 0.632. The second-order valence-corrected chi connectivity index (χ2v) is 6.64. The van der Waals surface area contributed by atoms with Gasteiger partial charge in [-0.05, 0) is 6.07 Å². The smallest absolute Gasteiger partial charge is 0.351 e. The van der Waals surface area contributed by atoms with E-state index in [1.165, 1.54) is 0 Å². The first-order valence-electron chi connectivity index (χ1n) is 8.30. The Morgan fingerprint density at radius 1 is 1.04 bits per heavy atom. The van der Waals surface area contributed by atoms with Crippen molar-refractivity contribution in [2.75, 3.05) is 11.4 Å². The average Bonchev–Trinajstić information content (AvgIpc) is 2.67. The summed E-state index contributed by atoms with van der Waals surface area (Å²) in [6, 6.07) is 10.6. The molecular formula is C19H14ClF3N4. The lowest BCUT2D eigenvalue weighted by Gasteiger charge is -2.30. The van der Waals surface area contributed by atoms with Gasteiger partial charge in [0.15, 0.2) is 5.82 Å². The normalized spacial score (nSPS) is 14.1. The van der Waals surface area contributed by atoms with Gasteiger partial charge < -0.3 is 4.90 Å². The summed E-state index contributed by atoms with van der Waals surface area (Å²) < 4.78 is 38.4. The minimum atomic E-state index is -4.47. The Morgan fingerprint density at radius 3 is 2.52 bits per heavy atom. The maximum Gasteiger partial charge on any atom is 0.417 e. The van der Waals surface area contributed by atoms with Crippen molar-refractivity contribution < 1.29 is 13.2 Å². The number of halogens is 4. The van der Waals surface area contributed by atoms with Crippen molar-refractivity contribution in [2.45, 2.75) is 19.1 Å². The topological polar surface area (TPSA) is 41.9 Å². The van der Waals surface area contributed by atoms with E-state index in [2.05, 4.69) is 15.0 Å². The Labute approximate surface area is 158 Å². The highest BCUT2D eigenvalue weighted by molar-refractivity contribution is 6.33. The molecule has 0 saturated carbocycles. The number of pyridine rings is 1. The number of benzene rings is 1. The number of hydrogen-bond acceptors (Lipinski definition) is 4. The third-order valence-corrected chi connectivity index (χ3v) is 4.69. The minimum absolute atomic E-state index is 0.0184. The van der Waals surface area contributed by atoms with Gasteiger partial charge in [0.2, 0.25) is 0 Å². The van der Waals surface area contributed by atoms with Crippen LogP contribution in [0.5, 0.6) is 0 Å². The molecule has 1 aliphatic rings. The summed E-state index contributed by atoms with van der Waals surface area (Å²) in [5.41, 5.74) is 1.93. The number of anilines is 1. The molecule has 3 aromatic rings. The maximum absolute atomic E-state index is 12.8. The van der Waals surface area contributed by atoms with Crippen LogP contribution in [0.4, 0.5) is 19.0 Å². The summed E-state index contributed by atoms with van der Waals surface area (Å²) in [7, 11) is 0. The molecule has 4 rings (SSSR count). The second-order valence-electron chi connectivity index (χ2n) is 6.23. The first kappa shape index (κ1) is 17.7. The fourth-order valence-corrected chi connectivity index (χ4v) is 3.33. The Hall–Kier alpha value is -2.67. The zero-order valence-electron chi connectivity index (χ0n) is 14.0. The van der Waals surface area contributed by atoms with E-state index in [1.54, 1.807) is 6.20 Å². The zero-order valence-corrected chi connectivity index (χ0v) is 14.8. The molecule has 8 heteroatoms. The molecule has 27 heavy (non-hydrogen) atoms. The Bertz CT molecular complexity index is 976. The van der Waals surface area contributed by atoms with Gasteiger partial charge in [0.25, 0.3) is 0 Å². The molecule has 138 valence electrons. The van der Waals surface area contributed by atoms with E-state index < -0.39 is 11.7 Å². The van der Waals surface area contributed by atoms with E-state index in [0.717, 1.165) is 29.1 Å². The van der Waals surface area contributed by atoms with Gasteiger partial charge in [-0.1, -0.05) is 41.9 Å². The molecule has 0 atom stereocenters. The van der Waals surface area contributed by atoms with Crippen LogP contribution in [-0.4, -0.2) is 21.5 Å². The fraction of sp³-hybridized carbons (Fsp3) is 0.211. The first-order chi connectivity index (χ1) is 12.9. The molecule has 2 aromatic heterocycles. The largest absolute Gasteiger partial charge is 0.417 e. The molecule has 4 nitrogen and oxygen atoms in total. The van der Waals surface area contributed by atoms with Crippen LogP contribution in [0.15, 0.2) is 48.8 Å². The Morgan fingerprint density at radius 2 is 1.81 bits per heavy atom. The summed E-state index contributed by atoms with van der Waals surface area (Å²) in [5.74, 6) is 0.996. The van der Waals surface area contributed by atoms with Gasteiger partial charge in [0.1, 0.15) is 5.82 Å². The predicted octanol–water partition coefficient (Wildman–Crippen LogP) is 4.77. The molecule has 0 aliphatic carbocycles. The number of alkyl halides is 3. The third-order valence-electron chi connectivity index (χ3n) is 4.41. The van der Waals surface area contributed by atoms with E-state index in [0.29, 0.717) is 31.2 Å². The molecule has 1 aromatic carbocycles. The van der Waals surface area contributed by atoms with Crippen LogP contribution >= 0.6 is 11.6 Å². The van der Waals surface area contributed by atoms with Gasteiger partial charge in [-0.2, -0.15) is 13.2 Å². The number of hydrogen-bond donors (Lipinski definition) is 0. The van der Waals surface area contributed by atoms with Gasteiger partial charge in [-0.15, -0.1) is 0 Å². The molecule has 0 unspecified atom stereocenters.